The van der Waals surface area contributed by atoms with Gasteiger partial charge in [0.05, 0.1) is 17.9 Å². The topological polar surface area (TPSA) is 83.6 Å². The fourth-order valence-electron chi connectivity index (χ4n) is 1.61. The third-order valence-electron chi connectivity index (χ3n) is 2.65. The van der Waals surface area contributed by atoms with Gasteiger partial charge in [0, 0.05) is 6.20 Å². The van der Waals surface area contributed by atoms with Crippen LogP contribution in [0.3, 0.4) is 0 Å². The Balaban J connectivity index is 2.10. The van der Waals surface area contributed by atoms with E-state index in [1.165, 1.54) is 6.20 Å². The molecule has 0 aliphatic heterocycles. The van der Waals surface area contributed by atoms with Crippen molar-refractivity contribution in [3.8, 4) is 0 Å². The third-order valence-corrected chi connectivity index (χ3v) is 2.65. The first kappa shape index (κ1) is 12.2. The summed E-state index contributed by atoms with van der Waals surface area (Å²) in [6.45, 7) is 3.97. The van der Waals surface area contributed by atoms with Crippen LogP contribution >= 0.6 is 0 Å². The van der Waals surface area contributed by atoms with E-state index in [-0.39, 0.29) is 17.6 Å². The second kappa shape index (κ2) is 5.39. The van der Waals surface area contributed by atoms with Crippen molar-refractivity contribution in [2.45, 2.75) is 26.3 Å². The molecule has 94 valence electrons. The number of aromatic nitrogens is 4. The third kappa shape index (κ3) is 2.71. The highest BCUT2D eigenvalue weighted by molar-refractivity contribution is 5.92. The molecule has 0 aromatic carbocycles. The highest BCUT2D eigenvalue weighted by Gasteiger charge is 2.16. The molecule has 2 aromatic heterocycles. The van der Waals surface area contributed by atoms with Crippen molar-refractivity contribution in [2.24, 2.45) is 0 Å². The van der Waals surface area contributed by atoms with Gasteiger partial charge in [0.25, 0.3) is 5.91 Å². The Morgan fingerprint density at radius 2 is 2.28 bits per heavy atom. The van der Waals surface area contributed by atoms with Crippen LogP contribution in [0, 0.1) is 6.92 Å². The molecule has 6 heteroatoms. The molecule has 2 rings (SSSR count). The number of nitrogens with zero attached hydrogens (tertiary/aromatic N) is 3. The molecule has 0 radical (unpaired) electrons. The number of hydrogen-bond donors (Lipinski definition) is 2. The number of H-pyrrole nitrogens is 1. The van der Waals surface area contributed by atoms with E-state index in [9.17, 15) is 4.79 Å². The zero-order valence-electron chi connectivity index (χ0n) is 10.3. The summed E-state index contributed by atoms with van der Waals surface area (Å²) in [7, 11) is 0. The highest BCUT2D eigenvalue weighted by atomic mass is 16.2. The summed E-state index contributed by atoms with van der Waals surface area (Å²) in [6.07, 6.45) is 3.95. The van der Waals surface area contributed by atoms with Crippen LogP contribution in [0.2, 0.25) is 0 Å². The lowest BCUT2D eigenvalue weighted by molar-refractivity contribution is 0.0929. The lowest BCUT2D eigenvalue weighted by Gasteiger charge is -2.15. The predicted molar refractivity (Wildman–Crippen MR) is 65.9 cm³/mol. The predicted octanol–water partition coefficient (Wildman–Crippen LogP) is 1.39. The van der Waals surface area contributed by atoms with Crippen LogP contribution in [0.4, 0.5) is 0 Å². The van der Waals surface area contributed by atoms with Gasteiger partial charge in [0.15, 0.2) is 5.69 Å². The Morgan fingerprint density at radius 3 is 2.83 bits per heavy atom. The molecule has 0 unspecified atom stereocenters. The molecular formula is C12H15N5O. The average Bonchev–Trinajstić information content (AvgIpc) is 2.91. The van der Waals surface area contributed by atoms with E-state index < -0.39 is 0 Å². The van der Waals surface area contributed by atoms with Crippen molar-refractivity contribution in [3.05, 3.63) is 41.5 Å². The van der Waals surface area contributed by atoms with Gasteiger partial charge in [-0.15, -0.1) is 0 Å². The number of pyridine rings is 1. The number of hydrogen-bond acceptors (Lipinski definition) is 4. The molecule has 0 bridgehead atoms. The SMILES string of the molecule is CC[C@H](NC(=O)c1cn[nH]n1)c1ccc(C)cn1. The molecule has 0 saturated heterocycles. The van der Waals surface area contributed by atoms with E-state index in [4.69, 9.17) is 0 Å². The normalized spacial score (nSPS) is 12.1. The number of carbonyl (C=O) groups excluding carboxylic acids is 1. The molecule has 18 heavy (non-hydrogen) atoms. The molecule has 0 saturated carbocycles. The van der Waals surface area contributed by atoms with Gasteiger partial charge in [0.1, 0.15) is 0 Å². The van der Waals surface area contributed by atoms with Crippen LogP contribution in [0.25, 0.3) is 0 Å². The van der Waals surface area contributed by atoms with Gasteiger partial charge in [-0.05, 0) is 25.0 Å². The standard InChI is InChI=1S/C12H15N5O/c1-3-9(10-5-4-8(2)6-13-10)15-12(18)11-7-14-17-16-11/h4-7,9H,3H2,1-2H3,(H,15,18)(H,14,16,17)/t9-/m0/s1. The zero-order valence-corrected chi connectivity index (χ0v) is 10.3. The van der Waals surface area contributed by atoms with E-state index in [1.54, 1.807) is 6.20 Å². The van der Waals surface area contributed by atoms with E-state index in [2.05, 4.69) is 25.7 Å². The minimum absolute atomic E-state index is 0.116. The van der Waals surface area contributed by atoms with Crippen LogP contribution in [0.1, 0.15) is 41.1 Å². The average molecular weight is 245 g/mol. The molecule has 0 aliphatic carbocycles. The first-order valence-electron chi connectivity index (χ1n) is 5.80. The molecule has 6 nitrogen and oxygen atoms in total. The number of aromatic amines is 1. The molecular weight excluding hydrogens is 230 g/mol. The summed E-state index contributed by atoms with van der Waals surface area (Å²) in [5.41, 5.74) is 2.22. The lowest BCUT2D eigenvalue weighted by atomic mass is 10.1. The molecule has 0 aliphatic rings. The van der Waals surface area contributed by atoms with Gasteiger partial charge in [-0.2, -0.15) is 15.4 Å². The molecule has 0 spiro atoms. The van der Waals surface area contributed by atoms with Gasteiger partial charge in [-0.25, -0.2) is 0 Å². The molecule has 2 N–H and O–H groups in total. The fraction of sp³-hybridized carbons (Fsp3) is 0.333. The Bertz CT molecular complexity index is 506. The van der Waals surface area contributed by atoms with Crippen LogP contribution in [0.15, 0.2) is 24.5 Å². The first-order valence-corrected chi connectivity index (χ1v) is 5.80. The van der Waals surface area contributed by atoms with Crippen molar-refractivity contribution >= 4 is 5.91 Å². The van der Waals surface area contributed by atoms with Gasteiger partial charge in [0.2, 0.25) is 0 Å². The monoisotopic (exact) mass is 245 g/mol. The molecule has 0 fully saturated rings. The second-order valence-corrected chi connectivity index (χ2v) is 4.05. The second-order valence-electron chi connectivity index (χ2n) is 4.05. The zero-order chi connectivity index (χ0) is 13.0. The summed E-state index contributed by atoms with van der Waals surface area (Å²) < 4.78 is 0. The number of rotatable bonds is 4. The highest BCUT2D eigenvalue weighted by Crippen LogP contribution is 2.14. The van der Waals surface area contributed by atoms with Gasteiger partial charge >= 0.3 is 0 Å². The van der Waals surface area contributed by atoms with Crippen molar-refractivity contribution in [1.29, 1.82) is 0 Å². The Kier molecular flexibility index (Phi) is 3.66. The summed E-state index contributed by atoms with van der Waals surface area (Å²) in [4.78, 5) is 16.2. The molecule has 1 amide bonds. The maximum Gasteiger partial charge on any atom is 0.273 e. The summed E-state index contributed by atoms with van der Waals surface area (Å²) in [5.74, 6) is -0.252. The van der Waals surface area contributed by atoms with Crippen molar-refractivity contribution < 1.29 is 4.79 Å². The van der Waals surface area contributed by atoms with Crippen LogP contribution in [0.5, 0.6) is 0 Å². The van der Waals surface area contributed by atoms with Crippen LogP contribution < -0.4 is 5.32 Å². The Labute approximate surface area is 105 Å². The maximum atomic E-state index is 11.9. The summed E-state index contributed by atoms with van der Waals surface area (Å²) in [5, 5.41) is 12.6. The van der Waals surface area contributed by atoms with E-state index in [0.717, 1.165) is 17.7 Å². The Morgan fingerprint density at radius 1 is 1.44 bits per heavy atom. The molecule has 2 heterocycles. The quantitative estimate of drug-likeness (QED) is 0.852. The summed E-state index contributed by atoms with van der Waals surface area (Å²) >= 11 is 0. The minimum atomic E-state index is -0.252. The van der Waals surface area contributed by atoms with Crippen LogP contribution in [-0.2, 0) is 0 Å². The van der Waals surface area contributed by atoms with E-state index in [1.807, 2.05) is 26.0 Å². The van der Waals surface area contributed by atoms with E-state index in [0.29, 0.717) is 0 Å². The Hall–Kier alpha value is -2.24. The lowest BCUT2D eigenvalue weighted by Crippen LogP contribution is -2.29. The summed E-state index contributed by atoms with van der Waals surface area (Å²) in [6, 6.07) is 3.79. The van der Waals surface area contributed by atoms with Crippen molar-refractivity contribution in [2.75, 3.05) is 0 Å². The first-order chi connectivity index (χ1) is 8.70. The van der Waals surface area contributed by atoms with Crippen molar-refractivity contribution in [1.82, 2.24) is 25.7 Å². The largest absolute Gasteiger partial charge is 0.342 e. The number of amides is 1. The maximum absolute atomic E-state index is 11.9. The number of carbonyl (C=O) groups is 1. The molecule has 2 aromatic rings. The number of aryl methyl sites for hydroxylation is 1. The smallest absolute Gasteiger partial charge is 0.273 e. The van der Waals surface area contributed by atoms with E-state index >= 15 is 0 Å². The fourth-order valence-corrected chi connectivity index (χ4v) is 1.61. The van der Waals surface area contributed by atoms with Gasteiger partial charge < -0.3 is 5.32 Å². The van der Waals surface area contributed by atoms with Gasteiger partial charge in [-0.3, -0.25) is 9.78 Å². The van der Waals surface area contributed by atoms with Crippen molar-refractivity contribution in [3.63, 3.8) is 0 Å². The minimum Gasteiger partial charge on any atom is -0.342 e. The number of nitrogens with one attached hydrogen (secondary N) is 2. The van der Waals surface area contributed by atoms with Gasteiger partial charge in [-0.1, -0.05) is 13.0 Å². The van der Waals surface area contributed by atoms with Crippen LogP contribution in [-0.4, -0.2) is 26.3 Å². The molecule has 1 atom stereocenters.